The van der Waals surface area contributed by atoms with Crippen LogP contribution >= 0.6 is 0 Å². The minimum Gasteiger partial charge on any atom is -0.549 e. The fourth-order valence-corrected chi connectivity index (χ4v) is 2.91. The van der Waals surface area contributed by atoms with Crippen LogP contribution in [0.5, 0.6) is 0 Å². The summed E-state index contributed by atoms with van der Waals surface area (Å²) in [5, 5.41) is 0. The molecule has 14 heavy (non-hydrogen) atoms. The van der Waals surface area contributed by atoms with Crippen LogP contribution in [-0.2, 0) is 4.74 Å². The molecule has 3 heteroatoms. The molecule has 0 amide bonds. The van der Waals surface area contributed by atoms with E-state index in [0.717, 1.165) is 6.61 Å². The molecule has 0 bridgehead atoms. The number of rotatable bonds is 0. The van der Waals surface area contributed by atoms with Gasteiger partial charge in [0, 0.05) is 13.2 Å². The van der Waals surface area contributed by atoms with Crippen LogP contribution in [0.1, 0.15) is 32.6 Å². The Morgan fingerprint density at radius 3 is 2.79 bits per heavy atom. The Hall–Kier alpha value is -1.08. The molecule has 2 rings (SSSR count). The minimum absolute atomic E-state index is 0. The zero-order chi connectivity index (χ0) is 9.31. The monoisotopic (exact) mass is 444 g/mol. The van der Waals surface area contributed by atoms with Gasteiger partial charge in [0.1, 0.15) is 0 Å². The molecular formula is C11H20LrNO-. The second-order valence-electron chi connectivity index (χ2n) is 4.82. The Balaban J connectivity index is 0.000000980. The van der Waals surface area contributed by atoms with Crippen LogP contribution in [-0.4, -0.2) is 31.6 Å². The van der Waals surface area contributed by atoms with E-state index < -0.39 is 0 Å². The van der Waals surface area contributed by atoms with Crippen molar-refractivity contribution in [2.75, 3.05) is 26.7 Å². The maximum atomic E-state index is 5.54. The Morgan fingerprint density at radius 1 is 1.36 bits per heavy atom. The molecule has 0 aliphatic carbocycles. The van der Waals surface area contributed by atoms with Crippen LogP contribution in [0.25, 0.3) is 0 Å². The molecule has 2 nitrogen and oxygen atoms in total. The first-order valence-corrected chi connectivity index (χ1v) is 5.34. The van der Waals surface area contributed by atoms with Gasteiger partial charge in [-0.25, -0.2) is 0 Å². The first-order chi connectivity index (χ1) is 6.20. The molecule has 0 aromatic rings. The van der Waals surface area contributed by atoms with Crippen molar-refractivity contribution in [1.29, 1.82) is 0 Å². The van der Waals surface area contributed by atoms with Gasteiger partial charge in [-0.2, -0.15) is 13.0 Å². The van der Waals surface area contributed by atoms with E-state index >= 15 is 0 Å². The predicted octanol–water partition coefficient (Wildman–Crippen LogP) is 2.06. The first kappa shape index (κ1) is 11.0. The van der Waals surface area contributed by atoms with E-state index in [-0.39, 0.29) is 0 Å². The summed E-state index contributed by atoms with van der Waals surface area (Å²) >= 11 is 0. The SMILES string of the molecule is C[C-]1CC2(CCCN(C)C2)CCO1.[Lr]. The van der Waals surface area contributed by atoms with Crippen molar-refractivity contribution in [2.45, 2.75) is 32.6 Å². The molecule has 2 saturated heterocycles. The zero-order valence-electron chi connectivity index (χ0n) is 9.06. The summed E-state index contributed by atoms with van der Waals surface area (Å²) in [5.74, 6) is 0. The number of piperidine rings is 1. The summed E-state index contributed by atoms with van der Waals surface area (Å²) in [4.78, 5) is 2.47. The quantitative estimate of drug-likeness (QED) is 0.531. The minimum atomic E-state index is 0. The third-order valence-electron chi connectivity index (χ3n) is 3.46. The van der Waals surface area contributed by atoms with Crippen LogP contribution in [0.2, 0.25) is 0 Å². The molecule has 1 unspecified atom stereocenters. The van der Waals surface area contributed by atoms with E-state index in [9.17, 15) is 0 Å². The van der Waals surface area contributed by atoms with Crippen molar-refractivity contribution in [3.63, 3.8) is 0 Å². The van der Waals surface area contributed by atoms with Crippen molar-refractivity contribution < 1.29 is 4.74 Å². The fourth-order valence-electron chi connectivity index (χ4n) is 2.91. The molecule has 0 aromatic heterocycles. The predicted molar refractivity (Wildman–Crippen MR) is 53.3 cm³/mol. The van der Waals surface area contributed by atoms with Crippen LogP contribution in [0.15, 0.2) is 0 Å². The largest absolute Gasteiger partial charge is 0.549 e. The average molecular weight is 444 g/mol. The second-order valence-corrected chi connectivity index (χ2v) is 4.82. The summed E-state index contributed by atoms with van der Waals surface area (Å²) in [5.41, 5.74) is 0.565. The van der Waals surface area contributed by atoms with Gasteiger partial charge in [0.2, 0.25) is 0 Å². The van der Waals surface area contributed by atoms with Gasteiger partial charge in [-0.1, -0.05) is 0 Å². The van der Waals surface area contributed by atoms with Crippen LogP contribution in [0.4, 0.5) is 0 Å². The Morgan fingerprint density at radius 2 is 2.14 bits per heavy atom. The third kappa shape index (κ3) is 2.05. The number of likely N-dealkylation sites (tertiary alicyclic amines) is 1. The normalized spacial score (nSPS) is 35.6. The van der Waals surface area contributed by atoms with E-state index in [0.29, 0.717) is 5.41 Å². The van der Waals surface area contributed by atoms with E-state index in [2.05, 4.69) is 18.9 Å². The topological polar surface area (TPSA) is 12.5 Å². The van der Waals surface area contributed by atoms with Crippen molar-refractivity contribution in [3.05, 3.63) is 6.10 Å². The molecule has 2 fully saturated rings. The number of nitrogens with zero attached hydrogens (tertiary/aromatic N) is 1. The summed E-state index contributed by atoms with van der Waals surface area (Å²) < 4.78 is 5.54. The molecule has 0 N–H and O–H groups in total. The standard InChI is InChI=1S/C11H20NO.Lr/c1-10-8-11(5-7-13-10)4-3-6-12(2)9-11;/h3-9H2,1-2H3;/q-1;. The van der Waals surface area contributed by atoms with Gasteiger partial charge in [0.25, 0.3) is 0 Å². The summed E-state index contributed by atoms with van der Waals surface area (Å²) in [6, 6.07) is 0. The van der Waals surface area contributed by atoms with E-state index in [4.69, 9.17) is 4.74 Å². The molecule has 0 saturated carbocycles. The van der Waals surface area contributed by atoms with Gasteiger partial charge in [-0.3, -0.25) is 0 Å². The summed E-state index contributed by atoms with van der Waals surface area (Å²) in [6.45, 7) is 5.63. The van der Waals surface area contributed by atoms with Gasteiger partial charge in [0.05, 0.1) is 0 Å². The third-order valence-corrected chi connectivity index (χ3v) is 3.46. The number of ether oxygens (including phenoxy) is 1. The van der Waals surface area contributed by atoms with Crippen LogP contribution in [0.3, 0.4) is 0 Å². The second kappa shape index (κ2) is 3.97. The number of hydrogen-bond donors (Lipinski definition) is 0. The van der Waals surface area contributed by atoms with Crippen LogP contribution in [0, 0.1) is 11.5 Å². The molecule has 1 radical (unpaired) electrons. The van der Waals surface area contributed by atoms with Gasteiger partial charge in [-0.05, 0) is 38.3 Å². The summed E-state index contributed by atoms with van der Waals surface area (Å²) in [6.07, 6.45) is 6.47. The van der Waals surface area contributed by atoms with Gasteiger partial charge < -0.3 is 9.64 Å². The number of hydrogen-bond acceptors (Lipinski definition) is 2. The van der Waals surface area contributed by atoms with Gasteiger partial charge in [0.15, 0.2) is 0 Å². The van der Waals surface area contributed by atoms with E-state index in [1.54, 1.807) is 0 Å². The first-order valence-electron chi connectivity index (χ1n) is 5.34. The molecule has 91 valence electrons. The fraction of sp³-hybridized carbons (Fsp3) is 0.909. The Labute approximate surface area is 81.3 Å². The van der Waals surface area contributed by atoms with Crippen LogP contribution < -0.4 is 0 Å². The van der Waals surface area contributed by atoms with E-state index in [1.165, 1.54) is 44.9 Å². The molecule has 0 aromatic carbocycles. The van der Waals surface area contributed by atoms with Crippen molar-refractivity contribution in [1.82, 2.24) is 4.90 Å². The summed E-state index contributed by atoms with van der Waals surface area (Å²) in [7, 11) is 2.24. The maximum Gasteiger partial charge on any atom is 0.0119 e. The molecule has 2 aliphatic heterocycles. The van der Waals surface area contributed by atoms with Crippen molar-refractivity contribution >= 4 is 0 Å². The Kier molecular flexibility index (Phi) is 3.12. The molecule has 2 aliphatic rings. The van der Waals surface area contributed by atoms with Crippen molar-refractivity contribution in [3.8, 4) is 0 Å². The molecular weight excluding hydrogens is 424 g/mol. The average Bonchev–Trinajstić information content (AvgIpc) is 2.02. The van der Waals surface area contributed by atoms with E-state index in [1.807, 2.05) is 0 Å². The van der Waals surface area contributed by atoms with Crippen molar-refractivity contribution in [2.24, 2.45) is 5.41 Å². The molecule has 2 heterocycles. The Bertz CT molecular complexity index is 166. The van der Waals surface area contributed by atoms with Gasteiger partial charge in [-0.15, -0.1) is 6.42 Å². The smallest absolute Gasteiger partial charge is 0.0119 e. The maximum absolute atomic E-state index is 5.54. The molecule has 1 spiro atoms. The van der Waals surface area contributed by atoms with Gasteiger partial charge >= 0.3 is 0 Å². The molecule has 1 atom stereocenters. The zero-order valence-corrected chi connectivity index (χ0v) is 11.2.